The molecule has 1 atom stereocenters. The van der Waals surface area contributed by atoms with E-state index < -0.39 is 0 Å². The van der Waals surface area contributed by atoms with Crippen LogP contribution in [-0.2, 0) is 0 Å². The molecule has 0 aromatic heterocycles. The average Bonchev–Trinajstić information content (AvgIpc) is 2.59. The quantitative estimate of drug-likeness (QED) is 0.793. The molecule has 2 fully saturated rings. The molecule has 0 aromatic carbocycles. The summed E-state index contributed by atoms with van der Waals surface area (Å²) in [6.45, 7) is 3.80. The molecule has 2 aliphatic rings. The number of nitrogens with zero attached hydrogens (tertiary/aromatic N) is 1. The van der Waals surface area contributed by atoms with Crippen molar-refractivity contribution in [1.29, 1.82) is 0 Å². The van der Waals surface area contributed by atoms with Crippen LogP contribution in [0, 0.1) is 5.92 Å². The lowest BCUT2D eigenvalue weighted by atomic mass is 9.93. The highest BCUT2D eigenvalue weighted by Gasteiger charge is 2.21. The van der Waals surface area contributed by atoms with E-state index in [0.29, 0.717) is 0 Å². The van der Waals surface area contributed by atoms with Crippen LogP contribution in [0.5, 0.6) is 0 Å². The summed E-state index contributed by atoms with van der Waals surface area (Å²) in [5.41, 5.74) is 0. The fourth-order valence-electron chi connectivity index (χ4n) is 3.33. The SMILES string of the molecule is CN(CC1CCCCNC1)C1CCCCC1. The van der Waals surface area contributed by atoms with Crippen LogP contribution in [-0.4, -0.2) is 37.6 Å². The zero-order valence-electron chi connectivity index (χ0n) is 10.9. The summed E-state index contributed by atoms with van der Waals surface area (Å²) >= 11 is 0. The van der Waals surface area contributed by atoms with Crippen LogP contribution in [0.3, 0.4) is 0 Å². The minimum absolute atomic E-state index is 0.886. The van der Waals surface area contributed by atoms with Gasteiger partial charge in [-0.2, -0.15) is 0 Å². The Kier molecular flexibility index (Phi) is 5.11. The van der Waals surface area contributed by atoms with Gasteiger partial charge in [-0.05, 0) is 51.7 Å². The van der Waals surface area contributed by atoms with Crippen LogP contribution in [0.2, 0.25) is 0 Å². The molecule has 1 unspecified atom stereocenters. The number of hydrogen-bond donors (Lipinski definition) is 1. The van der Waals surface area contributed by atoms with Crippen LogP contribution in [0.25, 0.3) is 0 Å². The van der Waals surface area contributed by atoms with Gasteiger partial charge in [-0.3, -0.25) is 0 Å². The summed E-state index contributed by atoms with van der Waals surface area (Å²) in [5.74, 6) is 0.898. The lowest BCUT2D eigenvalue weighted by Gasteiger charge is -2.33. The van der Waals surface area contributed by atoms with Gasteiger partial charge in [-0.1, -0.05) is 25.7 Å². The summed E-state index contributed by atoms with van der Waals surface area (Å²) in [5, 5.41) is 3.58. The van der Waals surface area contributed by atoms with Crippen LogP contribution >= 0.6 is 0 Å². The van der Waals surface area contributed by atoms with Crippen LogP contribution < -0.4 is 5.32 Å². The molecule has 1 N–H and O–H groups in total. The normalized spacial score (nSPS) is 29.2. The highest BCUT2D eigenvalue weighted by molar-refractivity contribution is 4.77. The van der Waals surface area contributed by atoms with E-state index in [2.05, 4.69) is 17.3 Å². The Hall–Kier alpha value is -0.0800. The lowest BCUT2D eigenvalue weighted by Crippen LogP contribution is -2.39. The topological polar surface area (TPSA) is 15.3 Å². The van der Waals surface area contributed by atoms with Crippen molar-refractivity contribution in [2.45, 2.75) is 57.4 Å². The maximum Gasteiger partial charge on any atom is 0.00923 e. The van der Waals surface area contributed by atoms with Gasteiger partial charge in [-0.25, -0.2) is 0 Å². The summed E-state index contributed by atoms with van der Waals surface area (Å²) in [6, 6.07) is 0.886. The van der Waals surface area contributed by atoms with Crippen LogP contribution in [0.4, 0.5) is 0 Å². The lowest BCUT2D eigenvalue weighted by molar-refractivity contribution is 0.163. The van der Waals surface area contributed by atoms with Gasteiger partial charge < -0.3 is 10.2 Å². The van der Waals surface area contributed by atoms with Crippen molar-refractivity contribution in [3.63, 3.8) is 0 Å². The standard InChI is InChI=1S/C14H28N2/c1-16(14-8-3-2-4-9-14)12-13-7-5-6-10-15-11-13/h13-15H,2-12H2,1H3. The fraction of sp³-hybridized carbons (Fsp3) is 1.00. The Bertz CT molecular complexity index is 179. The van der Waals surface area contributed by atoms with Crippen molar-refractivity contribution in [2.75, 3.05) is 26.7 Å². The van der Waals surface area contributed by atoms with E-state index >= 15 is 0 Å². The Morgan fingerprint density at radius 1 is 1.00 bits per heavy atom. The van der Waals surface area contributed by atoms with Crippen molar-refractivity contribution in [2.24, 2.45) is 5.92 Å². The summed E-state index contributed by atoms with van der Waals surface area (Å²) in [7, 11) is 2.35. The molecule has 0 bridgehead atoms. The Labute approximate surface area is 101 Å². The molecule has 94 valence electrons. The summed E-state index contributed by atoms with van der Waals surface area (Å²) in [4.78, 5) is 2.65. The maximum atomic E-state index is 3.58. The van der Waals surface area contributed by atoms with E-state index in [9.17, 15) is 0 Å². The second kappa shape index (κ2) is 6.61. The number of nitrogens with one attached hydrogen (secondary N) is 1. The van der Waals surface area contributed by atoms with Gasteiger partial charge in [0.2, 0.25) is 0 Å². The van der Waals surface area contributed by atoms with Crippen molar-refractivity contribution >= 4 is 0 Å². The largest absolute Gasteiger partial charge is 0.316 e. The van der Waals surface area contributed by atoms with Crippen molar-refractivity contribution < 1.29 is 0 Å². The van der Waals surface area contributed by atoms with Crippen LogP contribution in [0.1, 0.15) is 51.4 Å². The molecule has 0 spiro atoms. The van der Waals surface area contributed by atoms with Gasteiger partial charge in [0.05, 0.1) is 0 Å². The molecule has 1 aliphatic carbocycles. The second-order valence-corrected chi connectivity index (χ2v) is 5.80. The Morgan fingerprint density at radius 3 is 2.56 bits per heavy atom. The van der Waals surface area contributed by atoms with Gasteiger partial charge in [0.15, 0.2) is 0 Å². The van der Waals surface area contributed by atoms with E-state index in [0.717, 1.165) is 12.0 Å². The van der Waals surface area contributed by atoms with Gasteiger partial charge in [0.25, 0.3) is 0 Å². The molecular formula is C14H28N2. The van der Waals surface area contributed by atoms with Gasteiger partial charge in [0.1, 0.15) is 0 Å². The Morgan fingerprint density at radius 2 is 1.75 bits per heavy atom. The number of rotatable bonds is 3. The molecule has 0 aromatic rings. The van der Waals surface area contributed by atoms with E-state index in [1.165, 1.54) is 71.0 Å². The van der Waals surface area contributed by atoms with E-state index in [1.807, 2.05) is 0 Å². The first-order chi connectivity index (χ1) is 7.86. The molecule has 0 amide bonds. The molecule has 2 nitrogen and oxygen atoms in total. The first kappa shape index (κ1) is 12.4. The molecule has 0 radical (unpaired) electrons. The average molecular weight is 224 g/mol. The maximum absolute atomic E-state index is 3.58. The fourth-order valence-corrected chi connectivity index (χ4v) is 3.33. The molecule has 2 heteroatoms. The van der Waals surface area contributed by atoms with E-state index in [-0.39, 0.29) is 0 Å². The molecular weight excluding hydrogens is 196 g/mol. The molecule has 1 aliphatic heterocycles. The van der Waals surface area contributed by atoms with Crippen LogP contribution in [0.15, 0.2) is 0 Å². The summed E-state index contributed by atoms with van der Waals surface area (Å²) < 4.78 is 0. The monoisotopic (exact) mass is 224 g/mol. The first-order valence-electron chi connectivity index (χ1n) is 7.27. The van der Waals surface area contributed by atoms with Gasteiger partial charge in [-0.15, -0.1) is 0 Å². The molecule has 1 saturated heterocycles. The minimum Gasteiger partial charge on any atom is -0.316 e. The highest BCUT2D eigenvalue weighted by Crippen LogP contribution is 2.23. The molecule has 16 heavy (non-hydrogen) atoms. The third kappa shape index (κ3) is 3.74. The third-order valence-corrected chi connectivity index (χ3v) is 4.39. The third-order valence-electron chi connectivity index (χ3n) is 4.39. The predicted molar refractivity (Wildman–Crippen MR) is 69.7 cm³/mol. The van der Waals surface area contributed by atoms with E-state index in [1.54, 1.807) is 0 Å². The minimum atomic E-state index is 0.886. The smallest absolute Gasteiger partial charge is 0.00923 e. The highest BCUT2D eigenvalue weighted by atomic mass is 15.1. The van der Waals surface area contributed by atoms with Gasteiger partial charge in [0, 0.05) is 12.6 Å². The number of hydrogen-bond acceptors (Lipinski definition) is 2. The van der Waals surface area contributed by atoms with Crippen molar-refractivity contribution in [3.05, 3.63) is 0 Å². The Balaban J connectivity index is 1.73. The molecule has 1 saturated carbocycles. The first-order valence-corrected chi connectivity index (χ1v) is 7.27. The van der Waals surface area contributed by atoms with Crippen molar-refractivity contribution in [3.8, 4) is 0 Å². The van der Waals surface area contributed by atoms with Crippen molar-refractivity contribution in [1.82, 2.24) is 10.2 Å². The molecule has 1 heterocycles. The molecule has 2 rings (SSSR count). The zero-order chi connectivity index (χ0) is 11.2. The zero-order valence-corrected chi connectivity index (χ0v) is 10.9. The second-order valence-electron chi connectivity index (χ2n) is 5.80. The van der Waals surface area contributed by atoms with E-state index in [4.69, 9.17) is 0 Å². The van der Waals surface area contributed by atoms with Gasteiger partial charge >= 0.3 is 0 Å². The predicted octanol–water partition coefficient (Wildman–Crippen LogP) is 2.64. The summed E-state index contributed by atoms with van der Waals surface area (Å²) in [6.07, 6.45) is 11.5.